The Morgan fingerprint density at radius 1 is 1.38 bits per heavy atom. The van der Waals surface area contributed by atoms with Crippen molar-refractivity contribution in [2.45, 2.75) is 0 Å². The van der Waals surface area contributed by atoms with Gasteiger partial charge in [0.05, 0.1) is 0 Å². The van der Waals surface area contributed by atoms with Crippen molar-refractivity contribution in [3.63, 3.8) is 0 Å². The number of carbonyl (C=O) groups is 1. The van der Waals surface area contributed by atoms with E-state index < -0.39 is 5.97 Å². The molecule has 0 aromatic heterocycles. The second kappa shape index (κ2) is 5.21. The summed E-state index contributed by atoms with van der Waals surface area (Å²) in [6.45, 7) is -0.340. The lowest BCUT2D eigenvalue weighted by Crippen LogP contribution is -2.14. The highest BCUT2D eigenvalue weighted by molar-refractivity contribution is 6.19. The zero-order valence-electron chi connectivity index (χ0n) is 6.97. The van der Waals surface area contributed by atoms with E-state index in [1.54, 1.807) is 12.1 Å². The van der Waals surface area contributed by atoms with Crippen molar-refractivity contribution in [3.05, 3.63) is 30.3 Å². The van der Waals surface area contributed by atoms with Crippen molar-refractivity contribution < 1.29 is 19.2 Å². The van der Waals surface area contributed by atoms with Gasteiger partial charge in [-0.2, -0.15) is 0 Å². The van der Waals surface area contributed by atoms with Crippen LogP contribution in [0.25, 0.3) is 0 Å². The van der Waals surface area contributed by atoms with Crippen LogP contribution in [0.2, 0.25) is 0 Å². The molecule has 1 aromatic carbocycles. The summed E-state index contributed by atoms with van der Waals surface area (Å²) in [6.07, 6.45) is 0. The van der Waals surface area contributed by atoms with Crippen molar-refractivity contribution in [1.82, 2.24) is 0 Å². The third-order valence-corrected chi connectivity index (χ3v) is 1.28. The highest BCUT2D eigenvalue weighted by atomic mass is 16.6. The molecule has 0 saturated heterocycles. The van der Waals surface area contributed by atoms with E-state index in [2.05, 4.69) is 4.65 Å². The molecule has 68 valence electrons. The van der Waals surface area contributed by atoms with Crippen LogP contribution < -0.4 is 4.65 Å². The summed E-state index contributed by atoms with van der Waals surface area (Å²) in [4.78, 5) is 10.0. The van der Waals surface area contributed by atoms with Crippen LogP contribution in [0.5, 0.6) is 5.75 Å². The molecule has 13 heavy (non-hydrogen) atoms. The van der Waals surface area contributed by atoms with E-state index in [4.69, 9.17) is 9.76 Å². The zero-order chi connectivity index (χ0) is 9.52. The van der Waals surface area contributed by atoms with Crippen molar-refractivity contribution in [2.75, 3.05) is 6.61 Å². The minimum Gasteiger partial charge on any atom is -0.539 e. The number of aliphatic carboxylic acids is 1. The van der Waals surface area contributed by atoms with Crippen LogP contribution in [0.4, 0.5) is 0 Å². The van der Waals surface area contributed by atoms with Gasteiger partial charge in [0, 0.05) is 0 Å². The molecule has 1 aromatic rings. The average Bonchev–Trinajstić information content (AvgIpc) is 2.14. The summed E-state index contributed by atoms with van der Waals surface area (Å²) < 4.78 is 9.75. The van der Waals surface area contributed by atoms with Crippen LogP contribution in [0.15, 0.2) is 30.3 Å². The third kappa shape index (κ3) is 4.17. The van der Waals surface area contributed by atoms with Gasteiger partial charge >= 0.3 is 13.7 Å². The monoisotopic (exact) mass is 180 g/mol. The van der Waals surface area contributed by atoms with Gasteiger partial charge in [0.15, 0.2) is 0 Å². The van der Waals surface area contributed by atoms with Crippen LogP contribution in [0.3, 0.4) is 0 Å². The highest BCUT2D eigenvalue weighted by Crippen LogP contribution is 2.06. The van der Waals surface area contributed by atoms with Gasteiger partial charge in [-0.1, -0.05) is 18.2 Å². The molecular formula is C8H9BO4. The van der Waals surface area contributed by atoms with Crippen LogP contribution in [0.1, 0.15) is 0 Å². The highest BCUT2D eigenvalue weighted by Gasteiger charge is 1.99. The Balaban J connectivity index is 2.17. The molecule has 1 rings (SSSR count). The topological polar surface area (TPSA) is 55.8 Å². The molecule has 0 aliphatic carbocycles. The number of hydrogen-bond donors (Lipinski definition) is 1. The number of carboxylic acid groups (broad SMARTS) is 1. The van der Waals surface area contributed by atoms with Gasteiger partial charge in [-0.15, -0.1) is 0 Å². The first-order chi connectivity index (χ1) is 6.29. The fraction of sp³-hybridized carbons (Fsp3) is 0.125. The molecule has 0 fully saturated rings. The summed E-state index contributed by atoms with van der Waals surface area (Å²) in [6, 6.07) is 9.05. The molecule has 0 spiro atoms. The first-order valence-electron chi connectivity index (χ1n) is 3.76. The molecule has 0 amide bonds. The summed E-state index contributed by atoms with van der Waals surface area (Å²) in [5, 5.41) is 8.23. The van der Waals surface area contributed by atoms with Crippen molar-refractivity contribution in [1.29, 1.82) is 0 Å². The van der Waals surface area contributed by atoms with Crippen molar-refractivity contribution in [3.8, 4) is 5.75 Å². The lowest BCUT2D eigenvalue weighted by molar-refractivity contribution is -0.139. The lowest BCUT2D eigenvalue weighted by atomic mass is 10.3. The Bertz CT molecular complexity index is 262. The maximum atomic E-state index is 10.0. The van der Waals surface area contributed by atoms with Crippen LogP contribution in [-0.2, 0) is 9.45 Å². The number of carboxylic acids is 1. The SMILES string of the molecule is O=C(O)COBOc1ccccc1. The Labute approximate surface area is 76.4 Å². The van der Waals surface area contributed by atoms with Gasteiger partial charge < -0.3 is 14.4 Å². The number of benzene rings is 1. The Hall–Kier alpha value is -1.49. The maximum Gasteiger partial charge on any atom is 0.507 e. The quantitative estimate of drug-likeness (QED) is 0.527. The first-order valence-corrected chi connectivity index (χ1v) is 3.76. The molecule has 0 atom stereocenters. The fourth-order valence-electron chi connectivity index (χ4n) is 0.755. The van der Waals surface area contributed by atoms with E-state index in [9.17, 15) is 4.79 Å². The first kappa shape index (κ1) is 9.60. The predicted molar refractivity (Wildman–Crippen MR) is 47.8 cm³/mol. The molecular weight excluding hydrogens is 171 g/mol. The molecule has 4 nitrogen and oxygen atoms in total. The Kier molecular flexibility index (Phi) is 3.85. The molecule has 0 radical (unpaired) electrons. The second-order valence-corrected chi connectivity index (χ2v) is 2.32. The van der Waals surface area contributed by atoms with Gasteiger partial charge in [-0.25, -0.2) is 4.79 Å². The molecule has 1 N–H and O–H groups in total. The average molecular weight is 180 g/mol. The summed E-state index contributed by atoms with van der Waals surface area (Å²) in [5.41, 5.74) is 0. The van der Waals surface area contributed by atoms with E-state index in [0.29, 0.717) is 5.75 Å². The number of rotatable bonds is 5. The van der Waals surface area contributed by atoms with E-state index in [1.165, 1.54) is 0 Å². The summed E-state index contributed by atoms with van der Waals surface area (Å²) in [5.74, 6) is -0.343. The molecule has 0 heterocycles. The Morgan fingerprint density at radius 3 is 2.69 bits per heavy atom. The molecule has 5 heteroatoms. The van der Waals surface area contributed by atoms with Crippen molar-refractivity contribution in [2.24, 2.45) is 0 Å². The molecule has 0 unspecified atom stereocenters. The van der Waals surface area contributed by atoms with E-state index in [1.807, 2.05) is 18.2 Å². The van der Waals surface area contributed by atoms with Gasteiger partial charge in [0.1, 0.15) is 12.4 Å². The molecule has 0 saturated carbocycles. The van der Waals surface area contributed by atoms with Crippen molar-refractivity contribution >= 4 is 13.7 Å². The van der Waals surface area contributed by atoms with Gasteiger partial charge in [-0.3, -0.25) is 0 Å². The van der Waals surface area contributed by atoms with Crippen LogP contribution >= 0.6 is 0 Å². The molecule has 0 bridgehead atoms. The van der Waals surface area contributed by atoms with E-state index >= 15 is 0 Å². The lowest BCUT2D eigenvalue weighted by Gasteiger charge is -2.03. The number of hydrogen-bond acceptors (Lipinski definition) is 3. The van der Waals surface area contributed by atoms with Crippen LogP contribution in [0, 0.1) is 0 Å². The van der Waals surface area contributed by atoms with Gasteiger partial charge in [-0.05, 0) is 12.1 Å². The smallest absolute Gasteiger partial charge is 0.507 e. The maximum absolute atomic E-state index is 10.0. The zero-order valence-corrected chi connectivity index (χ0v) is 6.97. The van der Waals surface area contributed by atoms with E-state index in [0.717, 1.165) is 0 Å². The Morgan fingerprint density at radius 2 is 2.08 bits per heavy atom. The van der Waals surface area contributed by atoms with Gasteiger partial charge in [0.25, 0.3) is 0 Å². The number of para-hydroxylation sites is 1. The van der Waals surface area contributed by atoms with E-state index in [-0.39, 0.29) is 14.3 Å². The summed E-state index contributed by atoms with van der Waals surface area (Å²) >= 11 is 0. The van der Waals surface area contributed by atoms with Crippen LogP contribution in [-0.4, -0.2) is 25.4 Å². The molecule has 0 aliphatic heterocycles. The summed E-state index contributed by atoms with van der Waals surface area (Å²) in [7, 11) is -0.0453. The minimum atomic E-state index is -1.00. The standard InChI is InChI=1S/C8H9BO4/c10-8(11)6-12-9-13-7-4-2-1-3-5-7/h1-5,9H,6H2,(H,10,11). The molecule has 0 aliphatic rings. The minimum absolute atomic E-state index is 0.0453. The van der Waals surface area contributed by atoms with Gasteiger partial charge in [0.2, 0.25) is 0 Å². The third-order valence-electron chi connectivity index (χ3n) is 1.28. The normalized spacial score (nSPS) is 9.23. The fourth-order valence-corrected chi connectivity index (χ4v) is 0.755. The second-order valence-electron chi connectivity index (χ2n) is 2.32. The largest absolute Gasteiger partial charge is 0.539 e. The predicted octanol–water partition coefficient (Wildman–Crippen LogP) is 0.433.